The SMILES string of the molecule is Cc1cccc(-c2noc(CCC(=O)Nc3ccc(Cl)cc3C)n2)c1. The van der Waals surface area contributed by atoms with Crippen molar-refractivity contribution in [1.29, 1.82) is 0 Å². The summed E-state index contributed by atoms with van der Waals surface area (Å²) in [6.45, 7) is 3.90. The fourth-order valence-corrected chi connectivity index (χ4v) is 2.68. The molecule has 1 aromatic heterocycles. The van der Waals surface area contributed by atoms with Crippen LogP contribution in [0.1, 0.15) is 23.4 Å². The normalized spacial score (nSPS) is 10.7. The molecule has 3 rings (SSSR count). The first-order valence-electron chi connectivity index (χ1n) is 7.97. The average Bonchev–Trinajstić information content (AvgIpc) is 3.05. The topological polar surface area (TPSA) is 68.0 Å². The van der Waals surface area contributed by atoms with Gasteiger partial charge in [-0.25, -0.2) is 0 Å². The van der Waals surface area contributed by atoms with Crippen molar-refractivity contribution in [3.8, 4) is 11.4 Å². The van der Waals surface area contributed by atoms with E-state index in [9.17, 15) is 4.79 Å². The van der Waals surface area contributed by atoms with Crippen LogP contribution in [0, 0.1) is 13.8 Å². The summed E-state index contributed by atoms with van der Waals surface area (Å²) < 4.78 is 5.24. The van der Waals surface area contributed by atoms with Crippen molar-refractivity contribution in [3.05, 3.63) is 64.5 Å². The molecule has 0 aliphatic heterocycles. The number of halogens is 1. The lowest BCUT2D eigenvalue weighted by Gasteiger charge is -2.07. The third kappa shape index (κ3) is 4.45. The summed E-state index contributed by atoms with van der Waals surface area (Å²) in [7, 11) is 0. The molecule has 0 saturated heterocycles. The van der Waals surface area contributed by atoms with E-state index in [2.05, 4.69) is 15.5 Å². The van der Waals surface area contributed by atoms with Crippen LogP contribution in [0.15, 0.2) is 47.0 Å². The Kier molecular flexibility index (Phi) is 5.14. The zero-order chi connectivity index (χ0) is 17.8. The van der Waals surface area contributed by atoms with Crippen LogP contribution >= 0.6 is 11.6 Å². The average molecular weight is 356 g/mol. The van der Waals surface area contributed by atoms with E-state index < -0.39 is 0 Å². The van der Waals surface area contributed by atoms with Crippen LogP contribution in [0.25, 0.3) is 11.4 Å². The lowest BCUT2D eigenvalue weighted by Crippen LogP contribution is -2.13. The van der Waals surface area contributed by atoms with Crippen molar-refractivity contribution < 1.29 is 9.32 Å². The number of rotatable bonds is 5. The summed E-state index contributed by atoms with van der Waals surface area (Å²) in [5.74, 6) is 0.868. The Hall–Kier alpha value is -2.66. The van der Waals surface area contributed by atoms with Crippen molar-refractivity contribution in [2.24, 2.45) is 0 Å². The van der Waals surface area contributed by atoms with Crippen molar-refractivity contribution in [2.45, 2.75) is 26.7 Å². The summed E-state index contributed by atoms with van der Waals surface area (Å²) in [5, 5.41) is 7.49. The summed E-state index contributed by atoms with van der Waals surface area (Å²) in [4.78, 5) is 16.5. The second-order valence-corrected chi connectivity index (χ2v) is 6.33. The molecule has 2 aromatic carbocycles. The van der Waals surface area contributed by atoms with Gasteiger partial charge in [-0.1, -0.05) is 40.5 Å². The highest BCUT2D eigenvalue weighted by Gasteiger charge is 2.11. The molecule has 1 N–H and O–H groups in total. The van der Waals surface area contributed by atoms with Crippen LogP contribution in [-0.2, 0) is 11.2 Å². The van der Waals surface area contributed by atoms with Gasteiger partial charge in [-0.05, 0) is 43.7 Å². The number of hydrogen-bond donors (Lipinski definition) is 1. The van der Waals surface area contributed by atoms with Crippen molar-refractivity contribution in [2.75, 3.05) is 5.32 Å². The molecule has 5 nitrogen and oxygen atoms in total. The highest BCUT2D eigenvalue weighted by molar-refractivity contribution is 6.30. The number of aryl methyl sites for hydroxylation is 3. The smallest absolute Gasteiger partial charge is 0.227 e. The Morgan fingerprint density at radius 1 is 1.20 bits per heavy atom. The maximum absolute atomic E-state index is 12.1. The summed E-state index contributed by atoms with van der Waals surface area (Å²) in [5.41, 5.74) is 3.69. The highest BCUT2D eigenvalue weighted by Crippen LogP contribution is 2.20. The Morgan fingerprint density at radius 3 is 2.80 bits per heavy atom. The van der Waals surface area contributed by atoms with Gasteiger partial charge in [0, 0.05) is 29.1 Å². The maximum atomic E-state index is 12.1. The number of nitrogens with one attached hydrogen (secondary N) is 1. The molecule has 1 amide bonds. The third-order valence-corrected chi connectivity index (χ3v) is 4.01. The molecule has 0 spiro atoms. The van der Waals surface area contributed by atoms with Gasteiger partial charge in [0.05, 0.1) is 0 Å². The van der Waals surface area contributed by atoms with Crippen LogP contribution in [0.4, 0.5) is 5.69 Å². The first kappa shape index (κ1) is 17.2. The molecule has 0 unspecified atom stereocenters. The predicted octanol–water partition coefficient (Wildman–Crippen LogP) is 4.58. The maximum Gasteiger partial charge on any atom is 0.227 e. The standard InChI is InChI=1S/C19H18ClN3O2/c1-12-4-3-5-14(10-12)19-22-18(25-23-19)9-8-17(24)21-16-7-6-15(20)11-13(16)2/h3-7,10-11H,8-9H2,1-2H3,(H,21,24). The van der Waals surface area contributed by atoms with Crippen molar-refractivity contribution in [3.63, 3.8) is 0 Å². The van der Waals surface area contributed by atoms with E-state index in [0.29, 0.717) is 23.2 Å². The lowest BCUT2D eigenvalue weighted by atomic mass is 10.1. The van der Waals surface area contributed by atoms with Gasteiger partial charge in [-0.15, -0.1) is 0 Å². The van der Waals surface area contributed by atoms with Crippen LogP contribution in [0.2, 0.25) is 5.02 Å². The number of carbonyl (C=O) groups is 1. The van der Waals surface area contributed by atoms with E-state index >= 15 is 0 Å². The fraction of sp³-hybridized carbons (Fsp3) is 0.211. The second-order valence-electron chi connectivity index (χ2n) is 5.89. The van der Waals surface area contributed by atoms with Gasteiger partial charge in [-0.3, -0.25) is 4.79 Å². The molecular formula is C19H18ClN3O2. The largest absolute Gasteiger partial charge is 0.339 e. The predicted molar refractivity (Wildman–Crippen MR) is 97.6 cm³/mol. The van der Waals surface area contributed by atoms with Gasteiger partial charge in [0.1, 0.15) is 0 Å². The molecular weight excluding hydrogens is 338 g/mol. The first-order valence-corrected chi connectivity index (χ1v) is 8.35. The van der Waals surface area contributed by atoms with E-state index in [1.165, 1.54) is 0 Å². The fourth-order valence-electron chi connectivity index (χ4n) is 2.46. The Bertz CT molecular complexity index is 905. The van der Waals surface area contributed by atoms with Gasteiger partial charge in [-0.2, -0.15) is 4.98 Å². The molecule has 128 valence electrons. The number of aromatic nitrogens is 2. The monoisotopic (exact) mass is 355 g/mol. The molecule has 0 radical (unpaired) electrons. The molecule has 0 saturated carbocycles. The van der Waals surface area contributed by atoms with Gasteiger partial charge < -0.3 is 9.84 Å². The zero-order valence-corrected chi connectivity index (χ0v) is 14.8. The molecule has 0 aliphatic rings. The molecule has 0 bridgehead atoms. The Morgan fingerprint density at radius 2 is 2.04 bits per heavy atom. The van der Waals surface area contributed by atoms with Crippen LogP contribution < -0.4 is 5.32 Å². The molecule has 25 heavy (non-hydrogen) atoms. The third-order valence-electron chi connectivity index (χ3n) is 3.77. The minimum atomic E-state index is -0.110. The van der Waals surface area contributed by atoms with Crippen LogP contribution in [-0.4, -0.2) is 16.0 Å². The highest BCUT2D eigenvalue weighted by atomic mass is 35.5. The van der Waals surface area contributed by atoms with Crippen molar-refractivity contribution in [1.82, 2.24) is 10.1 Å². The van der Waals surface area contributed by atoms with E-state index in [-0.39, 0.29) is 12.3 Å². The molecule has 0 aliphatic carbocycles. The number of anilines is 1. The Labute approximate surface area is 151 Å². The quantitative estimate of drug-likeness (QED) is 0.727. The van der Waals surface area contributed by atoms with E-state index in [1.54, 1.807) is 12.1 Å². The van der Waals surface area contributed by atoms with Crippen LogP contribution in [0.3, 0.4) is 0 Å². The Balaban J connectivity index is 1.59. The second kappa shape index (κ2) is 7.49. The number of carbonyl (C=O) groups excluding carboxylic acids is 1. The molecule has 0 fully saturated rings. The summed E-state index contributed by atoms with van der Waals surface area (Å²) >= 11 is 5.92. The lowest BCUT2D eigenvalue weighted by molar-refractivity contribution is -0.116. The number of amides is 1. The number of nitrogens with zero attached hydrogens (tertiary/aromatic N) is 2. The molecule has 0 atom stereocenters. The minimum absolute atomic E-state index is 0.110. The number of benzene rings is 2. The molecule has 6 heteroatoms. The van der Waals surface area contributed by atoms with E-state index in [0.717, 1.165) is 22.4 Å². The summed E-state index contributed by atoms with van der Waals surface area (Å²) in [6.07, 6.45) is 0.648. The van der Waals surface area contributed by atoms with E-state index in [1.807, 2.05) is 44.2 Å². The molecule has 1 heterocycles. The zero-order valence-electron chi connectivity index (χ0n) is 14.0. The first-order chi connectivity index (χ1) is 12.0. The van der Waals surface area contributed by atoms with Gasteiger partial charge in [0.25, 0.3) is 0 Å². The summed E-state index contributed by atoms with van der Waals surface area (Å²) in [6, 6.07) is 13.2. The molecule has 3 aromatic rings. The minimum Gasteiger partial charge on any atom is -0.339 e. The van der Waals surface area contributed by atoms with Gasteiger partial charge in [0.15, 0.2) is 0 Å². The van der Waals surface area contributed by atoms with Crippen molar-refractivity contribution >= 4 is 23.2 Å². The van der Waals surface area contributed by atoms with Crippen LogP contribution in [0.5, 0.6) is 0 Å². The number of hydrogen-bond acceptors (Lipinski definition) is 4. The van der Waals surface area contributed by atoms with Gasteiger partial charge >= 0.3 is 0 Å². The van der Waals surface area contributed by atoms with E-state index in [4.69, 9.17) is 16.1 Å². The van der Waals surface area contributed by atoms with Gasteiger partial charge in [0.2, 0.25) is 17.6 Å².